The molecule has 0 radical (unpaired) electrons. The molecule has 4 aromatic carbocycles. The number of benzene rings is 4. The number of nitrogens with one attached hydrogen (secondary N) is 1. The Bertz CT molecular complexity index is 3270. The van der Waals surface area contributed by atoms with Gasteiger partial charge in [-0.2, -0.15) is 26.3 Å². The van der Waals surface area contributed by atoms with Gasteiger partial charge in [-0.25, -0.2) is 31.1 Å². The molecule has 4 heterocycles. The Hall–Kier alpha value is -6.08. The molecule has 0 atom stereocenters. The lowest BCUT2D eigenvalue weighted by molar-refractivity contribution is -0.138. The molecule has 6 aromatic rings. The van der Waals surface area contributed by atoms with E-state index in [1.54, 1.807) is 48.5 Å². The van der Waals surface area contributed by atoms with E-state index in [0.29, 0.717) is 39.3 Å². The van der Waals surface area contributed by atoms with Crippen LogP contribution in [0.2, 0.25) is 20.1 Å². The lowest BCUT2D eigenvalue weighted by atomic mass is 10.2. The van der Waals surface area contributed by atoms with Crippen LogP contribution in [0.4, 0.5) is 49.1 Å². The van der Waals surface area contributed by atoms with Crippen LogP contribution < -0.4 is 28.3 Å². The van der Waals surface area contributed by atoms with Crippen molar-refractivity contribution in [1.29, 1.82) is 0 Å². The van der Waals surface area contributed by atoms with Gasteiger partial charge in [0.05, 0.1) is 76.8 Å². The first-order valence-corrected chi connectivity index (χ1v) is 24.5. The number of fused-ring (bicyclic) bond motifs is 2. The average molecular weight is 1110 g/mol. The number of anilines is 4. The maximum Gasteiger partial charge on any atom is 0.417 e. The van der Waals surface area contributed by atoms with Crippen LogP contribution in [0, 0.1) is 0 Å². The number of halogens is 10. The summed E-state index contributed by atoms with van der Waals surface area (Å²) in [6.45, 7) is 0.0225. The third-order valence-corrected chi connectivity index (χ3v) is 14.4. The molecular formula is C44H32Cl4F6N6O9S2. The number of para-hydroxylation sites is 4. The lowest BCUT2D eigenvalue weighted by Crippen LogP contribution is -2.40. The number of carbonyl (C=O) groups is 2. The van der Waals surface area contributed by atoms with Gasteiger partial charge < -0.3 is 24.0 Å². The fourth-order valence-electron chi connectivity index (χ4n) is 6.98. The van der Waals surface area contributed by atoms with Gasteiger partial charge >= 0.3 is 12.4 Å². The number of hydrogen-bond acceptors (Lipinski definition) is 11. The molecule has 1 N–H and O–H groups in total. The highest BCUT2D eigenvalue weighted by atomic mass is 35.5. The summed E-state index contributed by atoms with van der Waals surface area (Å²) in [6, 6.07) is 20.1. The number of pyridine rings is 2. The van der Waals surface area contributed by atoms with E-state index in [-0.39, 0.29) is 59.1 Å². The maximum atomic E-state index is 13.6. The Balaban J connectivity index is 0.000000209. The van der Waals surface area contributed by atoms with Crippen molar-refractivity contribution in [3.05, 3.63) is 152 Å². The minimum absolute atomic E-state index is 0.00344. The van der Waals surface area contributed by atoms with Gasteiger partial charge in [0.1, 0.15) is 31.4 Å². The van der Waals surface area contributed by atoms with Gasteiger partial charge in [0.15, 0.2) is 11.4 Å². The molecule has 0 saturated heterocycles. The number of hydrogen-bond donors (Lipinski definition) is 1. The van der Waals surface area contributed by atoms with Crippen LogP contribution in [0.1, 0.15) is 32.1 Å². The average Bonchev–Trinajstić information content (AvgIpc) is 3.32. The highest BCUT2D eigenvalue weighted by Gasteiger charge is 2.39. The fraction of sp³-hybridized carbons (Fsp3) is 0.182. The van der Waals surface area contributed by atoms with Crippen molar-refractivity contribution < 1.29 is 67.0 Å². The van der Waals surface area contributed by atoms with Crippen molar-refractivity contribution in [2.45, 2.75) is 22.1 Å². The van der Waals surface area contributed by atoms with Crippen molar-refractivity contribution in [2.24, 2.45) is 0 Å². The predicted octanol–water partition coefficient (Wildman–Crippen LogP) is 10.5. The van der Waals surface area contributed by atoms with E-state index in [1.807, 2.05) is 0 Å². The number of alkyl halides is 6. The molecule has 2 aliphatic rings. The Morgan fingerprint density at radius 1 is 0.676 bits per heavy atom. The topological polar surface area (TPSA) is 178 Å². The van der Waals surface area contributed by atoms with Gasteiger partial charge in [-0.05, 0) is 72.8 Å². The largest absolute Gasteiger partial charge is 0.490 e. The van der Waals surface area contributed by atoms with Gasteiger partial charge in [0.25, 0.3) is 31.9 Å². The van der Waals surface area contributed by atoms with Gasteiger partial charge in [-0.15, -0.1) is 0 Å². The quantitative estimate of drug-likeness (QED) is 0.102. The number of sulfonamides is 2. The molecule has 2 aromatic heterocycles. The second-order valence-corrected chi connectivity index (χ2v) is 20.0. The van der Waals surface area contributed by atoms with Crippen LogP contribution in [-0.2, 0) is 37.1 Å². The van der Waals surface area contributed by atoms with Crippen molar-refractivity contribution in [1.82, 2.24) is 9.97 Å². The summed E-state index contributed by atoms with van der Waals surface area (Å²) in [6.07, 6.45) is -7.46. The molecule has 0 bridgehead atoms. The zero-order valence-corrected chi connectivity index (χ0v) is 40.6. The summed E-state index contributed by atoms with van der Waals surface area (Å²) >= 11 is 23.3. The van der Waals surface area contributed by atoms with E-state index in [9.17, 15) is 52.8 Å². The molecule has 0 aliphatic carbocycles. The number of amides is 2. The molecule has 2 aliphatic heterocycles. The highest BCUT2D eigenvalue weighted by molar-refractivity contribution is 7.93. The van der Waals surface area contributed by atoms with E-state index >= 15 is 0 Å². The summed E-state index contributed by atoms with van der Waals surface area (Å²) in [4.78, 5) is 36.3. The van der Waals surface area contributed by atoms with E-state index < -0.39 is 81.9 Å². The van der Waals surface area contributed by atoms with Crippen LogP contribution in [0.3, 0.4) is 0 Å². The lowest BCUT2D eigenvalue weighted by Gasteiger charge is -2.31. The number of carbonyl (C=O) groups excluding carboxylic acids is 2. The first kappa shape index (κ1) is 52.7. The fourth-order valence-corrected chi connectivity index (χ4v) is 10.2. The summed E-state index contributed by atoms with van der Waals surface area (Å²) in [5.41, 5.74) is -2.95. The predicted molar refractivity (Wildman–Crippen MR) is 251 cm³/mol. The maximum absolute atomic E-state index is 13.6. The third kappa shape index (κ3) is 11.5. The van der Waals surface area contributed by atoms with Crippen molar-refractivity contribution in [3.8, 4) is 11.5 Å². The first-order valence-electron chi connectivity index (χ1n) is 20.1. The number of ether oxygens (including phenoxy) is 3. The van der Waals surface area contributed by atoms with E-state index in [0.717, 1.165) is 42.7 Å². The van der Waals surface area contributed by atoms with Crippen LogP contribution in [0.5, 0.6) is 11.5 Å². The number of rotatable bonds is 10. The normalized spacial score (nSPS) is 13.7. The summed E-state index contributed by atoms with van der Waals surface area (Å²) in [5, 5.41) is -1.34. The second-order valence-electron chi connectivity index (χ2n) is 14.8. The number of methoxy groups -OCH3 is 1. The van der Waals surface area contributed by atoms with Gasteiger partial charge in [0, 0.05) is 19.5 Å². The Labute approximate surface area is 420 Å². The summed E-state index contributed by atoms with van der Waals surface area (Å²) in [5.74, 6) is -0.429. The molecule has 8 rings (SSSR count). The van der Waals surface area contributed by atoms with Crippen LogP contribution in [0.15, 0.2) is 119 Å². The Morgan fingerprint density at radius 2 is 1.14 bits per heavy atom. The molecule has 374 valence electrons. The van der Waals surface area contributed by atoms with Crippen molar-refractivity contribution >= 4 is 101 Å². The zero-order valence-electron chi connectivity index (χ0n) is 35.9. The highest BCUT2D eigenvalue weighted by Crippen LogP contribution is 2.40. The van der Waals surface area contributed by atoms with Gasteiger partial charge in [-0.3, -0.25) is 14.3 Å². The standard InChI is InChI=1S/C23H18Cl2F3N3O5S.C21H14Cl2F3N3O4S/c1-35-13-31(37(33,34)15-6-7-17(25)16(11-15)23(26,27)28)19-10-14(24)12-29-21(19)22(32)30-8-9-36-20-5-3-2-4-18(20)30;22-12-9-16(28-34(31,32)13-5-6-15(23)14(10-13)21(24,25)26)19(27-11-12)20(30)29-7-8-33-18-4-2-1-3-17(18)29/h2-7,10-12H,8-9,13H2,1H3;1-6,9-11,28H,7-8H2. The van der Waals surface area contributed by atoms with E-state index in [2.05, 4.69) is 14.7 Å². The summed E-state index contributed by atoms with van der Waals surface area (Å²) in [7, 11) is -8.12. The number of aromatic nitrogens is 2. The number of nitrogens with zero attached hydrogens (tertiary/aromatic N) is 5. The van der Waals surface area contributed by atoms with Gasteiger partial charge in [0.2, 0.25) is 0 Å². The van der Waals surface area contributed by atoms with Crippen molar-refractivity contribution in [2.75, 3.05) is 59.0 Å². The second kappa shape index (κ2) is 20.9. The monoisotopic (exact) mass is 1110 g/mol. The Kier molecular flexibility index (Phi) is 15.6. The molecule has 2 amide bonds. The first-order chi connectivity index (χ1) is 33.4. The minimum Gasteiger partial charge on any atom is -0.490 e. The van der Waals surface area contributed by atoms with Gasteiger partial charge in [-0.1, -0.05) is 70.7 Å². The molecular weight excluding hydrogens is 1080 g/mol. The third-order valence-electron chi connectivity index (χ3n) is 10.2. The smallest absolute Gasteiger partial charge is 0.417 e. The molecule has 71 heavy (non-hydrogen) atoms. The molecule has 0 spiro atoms. The molecule has 0 saturated carbocycles. The van der Waals surface area contributed by atoms with Crippen molar-refractivity contribution in [3.63, 3.8) is 0 Å². The molecule has 15 nitrogen and oxygen atoms in total. The Morgan fingerprint density at radius 3 is 1.66 bits per heavy atom. The van der Waals surface area contributed by atoms with Crippen LogP contribution >= 0.6 is 46.4 Å². The SMILES string of the molecule is COCN(c1cc(Cl)cnc1C(=O)N1CCOc2ccccc21)S(=O)(=O)c1ccc(Cl)c(C(F)(F)F)c1.O=C(c1ncc(Cl)cc1NS(=O)(=O)c1ccc(Cl)c(C(F)(F)F)c1)N1CCOc2ccccc21. The molecule has 27 heteroatoms. The summed E-state index contributed by atoms with van der Waals surface area (Å²) < 4.78 is 152. The molecule has 0 fully saturated rings. The zero-order chi connectivity index (χ0) is 51.6. The molecule has 0 unspecified atom stereocenters. The van der Waals surface area contributed by atoms with E-state index in [4.69, 9.17) is 60.6 Å². The van der Waals surface area contributed by atoms with Crippen LogP contribution in [-0.4, -0.2) is 78.8 Å². The van der Waals surface area contributed by atoms with Crippen LogP contribution in [0.25, 0.3) is 0 Å². The van der Waals surface area contributed by atoms with E-state index in [1.165, 1.54) is 23.0 Å². The minimum atomic E-state index is -4.91.